The molecule has 1 heterocycles. The first-order valence-electron chi connectivity index (χ1n) is 4.70. The van der Waals surface area contributed by atoms with Crippen molar-refractivity contribution in [1.29, 1.82) is 0 Å². The smallest absolute Gasteiger partial charge is 0.150 e. The number of carbonyl (C=O) groups is 1. The molecule has 1 aliphatic rings. The topological polar surface area (TPSA) is 69.1 Å². The summed E-state index contributed by atoms with van der Waals surface area (Å²) in [5.41, 5.74) is 14.7. The molecule has 0 saturated carbocycles. The molecule has 0 spiro atoms. The Morgan fingerprint density at radius 3 is 2.75 bits per heavy atom. The van der Waals surface area contributed by atoms with Crippen molar-refractivity contribution in [3.8, 4) is 0 Å². The van der Waals surface area contributed by atoms with Crippen molar-refractivity contribution in [3.05, 3.63) is 45.6 Å². The van der Waals surface area contributed by atoms with Crippen molar-refractivity contribution in [1.82, 2.24) is 0 Å². The number of rotatable bonds is 2. The van der Waals surface area contributed by atoms with Gasteiger partial charge in [-0.25, -0.2) is 0 Å². The second kappa shape index (κ2) is 4.71. The first kappa shape index (κ1) is 11.2. The SMILES string of the molecule is NC1=IC=CC=C1c1cc(N)ccc1C=O. The number of benzene rings is 1. The van der Waals surface area contributed by atoms with Crippen LogP contribution in [0.4, 0.5) is 5.69 Å². The van der Waals surface area contributed by atoms with Crippen LogP contribution in [0.1, 0.15) is 15.9 Å². The normalized spacial score (nSPS) is 14.8. The van der Waals surface area contributed by atoms with Gasteiger partial charge in [0.15, 0.2) is 6.29 Å². The molecular weight excluding hydrogens is 315 g/mol. The van der Waals surface area contributed by atoms with Gasteiger partial charge in [0, 0.05) is 16.8 Å². The van der Waals surface area contributed by atoms with Gasteiger partial charge in [0.2, 0.25) is 0 Å². The molecule has 0 radical (unpaired) electrons. The van der Waals surface area contributed by atoms with Crippen LogP contribution in [-0.4, -0.2) is 9.92 Å². The van der Waals surface area contributed by atoms with Crippen molar-refractivity contribution in [2.75, 3.05) is 5.73 Å². The molecule has 3 nitrogen and oxygen atoms in total. The standard InChI is InChI=1S/C12H11IN2O/c14-9-4-3-8(7-16)11(6-9)10-2-1-5-13-12(10)15/h1-7H,14-15H2. The number of anilines is 1. The van der Waals surface area contributed by atoms with Crippen molar-refractivity contribution >= 4 is 41.9 Å². The van der Waals surface area contributed by atoms with Crippen LogP contribution in [0.5, 0.6) is 0 Å². The predicted octanol–water partition coefficient (Wildman–Crippen LogP) is 2.05. The second-order valence-corrected chi connectivity index (χ2v) is 5.82. The molecule has 0 amide bonds. The van der Waals surface area contributed by atoms with Crippen LogP contribution in [0.15, 0.2) is 34.4 Å². The van der Waals surface area contributed by atoms with E-state index in [-0.39, 0.29) is 20.7 Å². The fourth-order valence-electron chi connectivity index (χ4n) is 1.50. The minimum Gasteiger partial charge on any atom is -0.399 e. The summed E-state index contributed by atoms with van der Waals surface area (Å²) in [7, 11) is 0. The number of allylic oxidation sites excluding steroid dienone is 2. The second-order valence-electron chi connectivity index (χ2n) is 3.32. The van der Waals surface area contributed by atoms with Gasteiger partial charge in [0.25, 0.3) is 0 Å². The third kappa shape index (κ3) is 2.12. The van der Waals surface area contributed by atoms with E-state index in [2.05, 4.69) is 4.08 Å². The highest BCUT2D eigenvalue weighted by Crippen LogP contribution is 2.26. The van der Waals surface area contributed by atoms with Gasteiger partial charge in [0.05, 0.1) is 3.63 Å². The number of hydrogen-bond donors (Lipinski definition) is 2. The summed E-state index contributed by atoms with van der Waals surface area (Å²) in [6.45, 7) is 0. The Morgan fingerprint density at radius 2 is 2.06 bits per heavy atom. The quantitative estimate of drug-likeness (QED) is 0.496. The molecule has 1 aliphatic heterocycles. The Bertz CT molecular complexity index is 530. The number of hydrogen-bond acceptors (Lipinski definition) is 3. The molecule has 0 unspecified atom stereocenters. The number of aldehydes is 1. The first-order valence-corrected chi connectivity index (χ1v) is 7.03. The molecule has 16 heavy (non-hydrogen) atoms. The van der Waals surface area contributed by atoms with Crippen LogP contribution in [0, 0.1) is 0 Å². The summed E-state index contributed by atoms with van der Waals surface area (Å²) in [6.07, 6.45) is 4.75. The molecule has 82 valence electrons. The highest BCUT2D eigenvalue weighted by molar-refractivity contribution is 14.2. The lowest BCUT2D eigenvalue weighted by atomic mass is 9.99. The van der Waals surface area contributed by atoms with Gasteiger partial charge in [-0.3, -0.25) is 10.5 Å². The largest absolute Gasteiger partial charge is 0.399 e. The Labute approximate surface area is 104 Å². The molecular formula is C12H11IN2O. The number of nitrogen functional groups attached to an aromatic ring is 1. The monoisotopic (exact) mass is 326 g/mol. The van der Waals surface area contributed by atoms with E-state index in [1.807, 2.05) is 12.2 Å². The van der Waals surface area contributed by atoms with Gasteiger partial charge < -0.3 is 5.73 Å². The van der Waals surface area contributed by atoms with E-state index in [4.69, 9.17) is 11.5 Å². The van der Waals surface area contributed by atoms with Crippen LogP contribution in [0.2, 0.25) is 0 Å². The van der Waals surface area contributed by atoms with Crippen LogP contribution >= 0.6 is 20.7 Å². The summed E-state index contributed by atoms with van der Waals surface area (Å²) in [5.74, 6) is 0. The van der Waals surface area contributed by atoms with Crippen LogP contribution < -0.4 is 11.5 Å². The Kier molecular flexibility index (Phi) is 3.31. The Hall–Kier alpha value is -1.27. The average Bonchev–Trinajstić information content (AvgIpc) is 2.29. The minimum absolute atomic E-state index is 0.253. The Morgan fingerprint density at radius 1 is 1.25 bits per heavy atom. The molecule has 0 saturated heterocycles. The first-order chi connectivity index (χ1) is 7.72. The van der Waals surface area contributed by atoms with Crippen LogP contribution in [-0.2, 0) is 0 Å². The molecule has 0 aromatic heterocycles. The van der Waals surface area contributed by atoms with Crippen molar-refractivity contribution in [3.63, 3.8) is 0 Å². The maximum absolute atomic E-state index is 11.0. The maximum atomic E-state index is 11.0. The molecule has 1 aromatic carbocycles. The van der Waals surface area contributed by atoms with Gasteiger partial charge in [-0.05, 0) is 27.8 Å². The van der Waals surface area contributed by atoms with Gasteiger partial charge >= 0.3 is 0 Å². The molecule has 0 atom stereocenters. The summed E-state index contributed by atoms with van der Waals surface area (Å²) < 4.78 is 2.96. The fraction of sp³-hybridized carbons (Fsp3) is 0. The van der Waals surface area contributed by atoms with Gasteiger partial charge in [-0.1, -0.05) is 32.9 Å². The van der Waals surface area contributed by atoms with Gasteiger partial charge in [-0.15, -0.1) is 0 Å². The lowest BCUT2D eigenvalue weighted by Gasteiger charge is -2.12. The van der Waals surface area contributed by atoms with E-state index in [0.29, 0.717) is 11.3 Å². The highest BCUT2D eigenvalue weighted by Gasteiger charge is 2.11. The molecule has 0 bridgehead atoms. The molecule has 0 aliphatic carbocycles. The van der Waals surface area contributed by atoms with Gasteiger partial charge in [0.1, 0.15) is 0 Å². The molecule has 4 heteroatoms. The van der Waals surface area contributed by atoms with E-state index in [1.54, 1.807) is 18.2 Å². The van der Waals surface area contributed by atoms with E-state index in [0.717, 1.165) is 21.1 Å². The zero-order valence-electron chi connectivity index (χ0n) is 8.48. The summed E-state index contributed by atoms with van der Waals surface area (Å²) in [6, 6.07) is 5.24. The summed E-state index contributed by atoms with van der Waals surface area (Å²) in [5, 5.41) is 0. The third-order valence-electron chi connectivity index (χ3n) is 2.27. The van der Waals surface area contributed by atoms with Crippen molar-refractivity contribution in [2.24, 2.45) is 5.73 Å². The zero-order valence-corrected chi connectivity index (χ0v) is 10.6. The zero-order chi connectivity index (χ0) is 11.5. The lowest BCUT2D eigenvalue weighted by molar-refractivity contribution is 0.112. The molecule has 4 N–H and O–H groups in total. The maximum Gasteiger partial charge on any atom is 0.150 e. The van der Waals surface area contributed by atoms with Gasteiger partial charge in [-0.2, -0.15) is 0 Å². The number of nitrogens with two attached hydrogens (primary N) is 2. The van der Waals surface area contributed by atoms with E-state index in [1.165, 1.54) is 0 Å². The third-order valence-corrected chi connectivity index (χ3v) is 4.29. The summed E-state index contributed by atoms with van der Waals surface area (Å²) >= 11 is -0.253. The average molecular weight is 326 g/mol. The van der Waals surface area contributed by atoms with Crippen molar-refractivity contribution in [2.45, 2.75) is 0 Å². The Balaban J connectivity index is 2.59. The number of halogens is 1. The fourth-order valence-corrected chi connectivity index (χ4v) is 3.11. The van der Waals surface area contributed by atoms with Crippen molar-refractivity contribution < 1.29 is 4.79 Å². The van der Waals surface area contributed by atoms with E-state index >= 15 is 0 Å². The van der Waals surface area contributed by atoms with E-state index in [9.17, 15) is 4.79 Å². The van der Waals surface area contributed by atoms with Crippen LogP contribution in [0.25, 0.3) is 5.57 Å². The highest BCUT2D eigenvalue weighted by atomic mass is 127. The molecule has 2 rings (SSSR count). The predicted molar refractivity (Wildman–Crippen MR) is 76.6 cm³/mol. The number of carbonyl (C=O) groups excluding carboxylic acids is 1. The van der Waals surface area contributed by atoms with Crippen LogP contribution in [0.3, 0.4) is 0 Å². The summed E-state index contributed by atoms with van der Waals surface area (Å²) in [4.78, 5) is 11.0. The lowest BCUT2D eigenvalue weighted by Crippen LogP contribution is -2.13. The minimum atomic E-state index is -0.253. The van der Waals surface area contributed by atoms with E-state index < -0.39 is 0 Å². The molecule has 1 aromatic rings. The molecule has 0 fully saturated rings.